The van der Waals surface area contributed by atoms with Crippen LogP contribution in [0.4, 0.5) is 0 Å². The van der Waals surface area contributed by atoms with Gasteiger partial charge in [0.05, 0.1) is 25.3 Å². The second kappa shape index (κ2) is 11.5. The van der Waals surface area contributed by atoms with Gasteiger partial charge in [-0.05, 0) is 47.9 Å². The second-order valence-electron chi connectivity index (χ2n) is 9.38. The first-order chi connectivity index (χ1) is 19.0. The van der Waals surface area contributed by atoms with Crippen LogP contribution in [0.2, 0.25) is 0 Å². The molecule has 0 spiro atoms. The van der Waals surface area contributed by atoms with Crippen LogP contribution in [-0.4, -0.2) is 48.6 Å². The topological polar surface area (TPSA) is 94.5 Å². The summed E-state index contributed by atoms with van der Waals surface area (Å²) in [7, 11) is 1.54. The summed E-state index contributed by atoms with van der Waals surface area (Å²) in [5.41, 5.74) is 1.82. The molecule has 3 aromatic rings. The van der Waals surface area contributed by atoms with Crippen molar-refractivity contribution >= 4 is 17.4 Å². The van der Waals surface area contributed by atoms with Crippen molar-refractivity contribution in [1.82, 2.24) is 4.90 Å². The van der Waals surface area contributed by atoms with Gasteiger partial charge in [0.2, 0.25) is 0 Å². The molecule has 2 aliphatic rings. The summed E-state index contributed by atoms with van der Waals surface area (Å²) >= 11 is 0. The quantitative estimate of drug-likeness (QED) is 0.175. The van der Waals surface area contributed by atoms with Crippen LogP contribution >= 0.6 is 0 Å². The molecule has 8 nitrogen and oxygen atoms in total. The maximum Gasteiger partial charge on any atom is 0.295 e. The van der Waals surface area contributed by atoms with Crippen LogP contribution in [0.5, 0.6) is 23.0 Å². The number of methoxy groups -OCH3 is 1. The third-order valence-corrected chi connectivity index (χ3v) is 6.81. The predicted molar refractivity (Wildman–Crippen MR) is 145 cm³/mol. The lowest BCUT2D eigenvalue weighted by molar-refractivity contribution is -0.140. The second-order valence-corrected chi connectivity index (χ2v) is 9.38. The molecule has 1 unspecified atom stereocenters. The zero-order valence-corrected chi connectivity index (χ0v) is 22.0. The Labute approximate surface area is 227 Å². The van der Waals surface area contributed by atoms with Gasteiger partial charge in [-0.15, -0.1) is 0 Å². The third kappa shape index (κ3) is 5.27. The molecule has 202 valence electrons. The fourth-order valence-corrected chi connectivity index (χ4v) is 4.82. The van der Waals surface area contributed by atoms with Gasteiger partial charge in [-0.3, -0.25) is 9.59 Å². The molecule has 39 heavy (non-hydrogen) atoms. The van der Waals surface area contributed by atoms with Crippen molar-refractivity contribution in [3.05, 3.63) is 89.0 Å². The molecule has 3 aromatic carbocycles. The monoisotopic (exact) mass is 529 g/mol. The molecule has 1 fully saturated rings. The number of Topliss-reactive ketones (excluding diaryl/α,β-unsaturated/α-hetero) is 1. The highest BCUT2D eigenvalue weighted by Crippen LogP contribution is 2.43. The Morgan fingerprint density at radius 2 is 1.74 bits per heavy atom. The van der Waals surface area contributed by atoms with Crippen LogP contribution in [0.25, 0.3) is 5.76 Å². The van der Waals surface area contributed by atoms with E-state index in [9.17, 15) is 14.7 Å². The number of fused-ring (bicyclic) bond motifs is 1. The minimum Gasteiger partial charge on any atom is -0.507 e. The summed E-state index contributed by atoms with van der Waals surface area (Å²) in [5.74, 6) is 0.344. The Morgan fingerprint density at radius 1 is 0.974 bits per heavy atom. The standard InChI is InChI=1S/C31H31NO7/c1-3-4-14-37-23-12-10-21(17-25(23)36-2)28-27(29(33)22-11-13-24-26(18-22)39-16-15-38-24)30(34)31(35)32(28)19-20-8-6-5-7-9-20/h5-13,17-18,28,33H,3-4,14-16,19H2,1-2H3/b29-27+. The van der Waals surface area contributed by atoms with Gasteiger partial charge < -0.3 is 29.0 Å². The number of benzene rings is 3. The van der Waals surface area contributed by atoms with Gasteiger partial charge in [0.15, 0.2) is 23.0 Å². The molecule has 2 heterocycles. The zero-order valence-electron chi connectivity index (χ0n) is 22.0. The fourth-order valence-electron chi connectivity index (χ4n) is 4.82. The Hall–Kier alpha value is -4.46. The summed E-state index contributed by atoms with van der Waals surface area (Å²) in [6.07, 6.45) is 1.89. The van der Waals surface area contributed by atoms with Gasteiger partial charge in [-0.1, -0.05) is 49.7 Å². The van der Waals surface area contributed by atoms with Gasteiger partial charge in [-0.25, -0.2) is 0 Å². The van der Waals surface area contributed by atoms with E-state index in [1.807, 2.05) is 30.3 Å². The van der Waals surface area contributed by atoms with Crippen molar-refractivity contribution in [3.63, 3.8) is 0 Å². The lowest BCUT2D eigenvalue weighted by atomic mass is 9.94. The molecule has 0 saturated carbocycles. The molecular formula is C31H31NO7. The first kappa shape index (κ1) is 26.2. The van der Waals surface area contributed by atoms with Crippen molar-refractivity contribution in [2.45, 2.75) is 32.4 Å². The van der Waals surface area contributed by atoms with Crippen molar-refractivity contribution in [2.75, 3.05) is 26.9 Å². The molecule has 5 rings (SSSR count). The largest absolute Gasteiger partial charge is 0.507 e. The first-order valence-corrected chi connectivity index (χ1v) is 13.0. The van der Waals surface area contributed by atoms with E-state index in [0.29, 0.717) is 53.9 Å². The van der Waals surface area contributed by atoms with E-state index in [1.54, 1.807) is 43.5 Å². The number of ether oxygens (including phenoxy) is 4. The Kier molecular flexibility index (Phi) is 7.72. The van der Waals surface area contributed by atoms with E-state index in [-0.39, 0.29) is 17.9 Å². The molecular weight excluding hydrogens is 498 g/mol. The van der Waals surface area contributed by atoms with E-state index < -0.39 is 17.7 Å². The third-order valence-electron chi connectivity index (χ3n) is 6.81. The van der Waals surface area contributed by atoms with Crippen LogP contribution in [0.3, 0.4) is 0 Å². The minimum absolute atomic E-state index is 0.00527. The number of rotatable bonds is 9. The molecule has 0 bridgehead atoms. The number of carbonyl (C=O) groups is 2. The number of ketones is 1. The number of aliphatic hydroxyl groups excluding tert-OH is 1. The average Bonchev–Trinajstić information content (AvgIpc) is 3.22. The predicted octanol–water partition coefficient (Wildman–Crippen LogP) is 5.27. The SMILES string of the molecule is CCCCOc1ccc(C2/C(=C(\O)c3ccc4c(c3)OCCO4)C(=O)C(=O)N2Cc2ccccc2)cc1OC. The molecule has 0 aliphatic carbocycles. The smallest absolute Gasteiger partial charge is 0.295 e. The van der Waals surface area contributed by atoms with Crippen LogP contribution in [0.1, 0.15) is 42.5 Å². The lowest BCUT2D eigenvalue weighted by Crippen LogP contribution is -2.29. The van der Waals surface area contributed by atoms with Crippen molar-refractivity contribution in [2.24, 2.45) is 0 Å². The van der Waals surface area contributed by atoms with E-state index in [1.165, 1.54) is 4.90 Å². The van der Waals surface area contributed by atoms with E-state index in [4.69, 9.17) is 18.9 Å². The van der Waals surface area contributed by atoms with Crippen molar-refractivity contribution in [1.29, 1.82) is 0 Å². The maximum atomic E-state index is 13.5. The van der Waals surface area contributed by atoms with Crippen molar-refractivity contribution < 1.29 is 33.6 Å². The number of hydrogen-bond acceptors (Lipinski definition) is 7. The summed E-state index contributed by atoms with van der Waals surface area (Å²) in [6.45, 7) is 3.63. The van der Waals surface area contributed by atoms with Crippen LogP contribution in [0, 0.1) is 0 Å². The Bertz CT molecular complexity index is 1400. The number of amides is 1. The number of aliphatic hydroxyl groups is 1. The Morgan fingerprint density at radius 3 is 2.49 bits per heavy atom. The molecule has 1 amide bonds. The molecule has 1 saturated heterocycles. The zero-order chi connectivity index (χ0) is 27.4. The van der Waals surface area contributed by atoms with Gasteiger partial charge in [0.25, 0.3) is 11.7 Å². The Balaban J connectivity index is 1.61. The normalized spacial score (nSPS) is 17.8. The van der Waals surface area contributed by atoms with Gasteiger partial charge in [0, 0.05) is 12.1 Å². The van der Waals surface area contributed by atoms with Crippen molar-refractivity contribution in [3.8, 4) is 23.0 Å². The number of likely N-dealkylation sites (tertiary alicyclic amines) is 1. The highest BCUT2D eigenvalue weighted by Gasteiger charge is 2.46. The van der Waals surface area contributed by atoms with E-state index >= 15 is 0 Å². The van der Waals surface area contributed by atoms with Crippen LogP contribution in [-0.2, 0) is 16.1 Å². The molecule has 1 N–H and O–H groups in total. The maximum absolute atomic E-state index is 13.5. The summed E-state index contributed by atoms with van der Waals surface area (Å²) < 4.78 is 22.7. The highest BCUT2D eigenvalue weighted by molar-refractivity contribution is 6.46. The number of unbranched alkanes of at least 4 members (excludes halogenated alkanes) is 1. The summed E-state index contributed by atoms with van der Waals surface area (Å²) in [4.78, 5) is 28.3. The fraction of sp³-hybridized carbons (Fsp3) is 0.290. The summed E-state index contributed by atoms with van der Waals surface area (Å²) in [6, 6.07) is 18.9. The van der Waals surface area contributed by atoms with E-state index in [0.717, 1.165) is 18.4 Å². The highest BCUT2D eigenvalue weighted by atomic mass is 16.6. The molecule has 2 aliphatic heterocycles. The minimum atomic E-state index is -0.850. The van der Waals surface area contributed by atoms with E-state index in [2.05, 4.69) is 6.92 Å². The van der Waals surface area contributed by atoms with Gasteiger partial charge in [-0.2, -0.15) is 0 Å². The van der Waals surface area contributed by atoms with Crippen LogP contribution in [0.15, 0.2) is 72.3 Å². The number of hydrogen-bond donors (Lipinski definition) is 1. The number of carbonyl (C=O) groups excluding carboxylic acids is 2. The number of nitrogens with zero attached hydrogens (tertiary/aromatic N) is 1. The van der Waals surface area contributed by atoms with Crippen LogP contribution < -0.4 is 18.9 Å². The lowest BCUT2D eigenvalue weighted by Gasteiger charge is -2.26. The molecule has 1 atom stereocenters. The average molecular weight is 530 g/mol. The molecule has 0 radical (unpaired) electrons. The molecule has 0 aromatic heterocycles. The summed E-state index contributed by atoms with van der Waals surface area (Å²) in [5, 5.41) is 11.5. The van der Waals surface area contributed by atoms with Gasteiger partial charge in [0.1, 0.15) is 19.0 Å². The molecule has 8 heteroatoms. The van der Waals surface area contributed by atoms with Gasteiger partial charge >= 0.3 is 0 Å². The first-order valence-electron chi connectivity index (χ1n) is 13.0.